The first-order valence-corrected chi connectivity index (χ1v) is 18.6. The fraction of sp³-hybridized carbons (Fsp3) is 0.0909. The summed E-state index contributed by atoms with van der Waals surface area (Å²) in [5.74, 6) is -4.98. The second-order valence-electron chi connectivity index (χ2n) is 9.61. The topological polar surface area (TPSA) is 382 Å². The lowest BCUT2D eigenvalue weighted by atomic mass is 10.2. The summed E-state index contributed by atoms with van der Waals surface area (Å²) in [6, 6.07) is 7.39. The normalized spacial score (nSPS) is 13.6. The van der Waals surface area contributed by atoms with Crippen LogP contribution >= 0.6 is 0 Å². The maximum Gasteiger partial charge on any atom is 0.315 e. The summed E-state index contributed by atoms with van der Waals surface area (Å²) in [4.78, 5) is 26.2. The molecule has 0 atom stereocenters. The van der Waals surface area contributed by atoms with Crippen LogP contribution in [0.15, 0.2) is 67.1 Å². The van der Waals surface area contributed by atoms with E-state index in [0.717, 1.165) is 0 Å². The molecule has 4 rings (SSSR count). The van der Waals surface area contributed by atoms with Gasteiger partial charge in [0.2, 0.25) is 15.6 Å². The Hall–Kier alpha value is -5.76. The number of carbonyl (C=O) groups excluding carboxylic acids is 1. The smallest absolute Gasteiger partial charge is 0.315 e. The number of rotatable bonds is 12. The molecule has 0 fully saturated rings. The number of amidine groups is 1. The van der Waals surface area contributed by atoms with Gasteiger partial charge < -0.3 is 14.8 Å². The predicted octanol–water partition coefficient (Wildman–Crippen LogP) is 0.205. The Morgan fingerprint density at radius 2 is 1.17 bits per heavy atom. The Labute approximate surface area is 290 Å². The second kappa shape index (κ2) is 13.4. The molecule has 1 aliphatic rings. The third kappa shape index (κ3) is 7.33. The van der Waals surface area contributed by atoms with E-state index in [1.54, 1.807) is 6.07 Å². The largest absolute Gasteiger partial charge is 0.493 e. The minimum atomic E-state index is -5.95. The Kier molecular flexibility index (Phi) is 10.1. The number of benzene rings is 3. The minimum absolute atomic E-state index is 0.0764. The number of amides is 1. The Balaban J connectivity index is 2.24. The first kappa shape index (κ1) is 39.0. The number of hydrogen-bond acceptors (Lipinski definition) is 19. The number of methoxy groups -OCH3 is 2. The first-order valence-electron chi connectivity index (χ1n) is 12.8. The zero-order chi connectivity index (χ0) is 39.3. The van der Waals surface area contributed by atoms with Crippen LogP contribution in [0.3, 0.4) is 0 Å². The molecular weight excluding hydrogens is 795 g/mol. The van der Waals surface area contributed by atoms with E-state index in [1.165, 1.54) is 24.3 Å². The second-order valence-corrected chi connectivity index (χ2v) is 15.1. The van der Waals surface area contributed by atoms with Gasteiger partial charge in [0.1, 0.15) is 11.4 Å². The summed E-state index contributed by atoms with van der Waals surface area (Å²) in [6.07, 6.45) is 0. The van der Waals surface area contributed by atoms with Crippen molar-refractivity contribution < 1.29 is 76.0 Å². The first-order chi connectivity index (χ1) is 23.8. The molecule has 1 heterocycles. The van der Waals surface area contributed by atoms with Crippen molar-refractivity contribution in [1.82, 2.24) is 5.43 Å². The predicted molar refractivity (Wildman–Crippen MR) is 169 cm³/mol. The number of anilines is 3. The van der Waals surface area contributed by atoms with Crippen LogP contribution in [0.25, 0.3) is 0 Å². The highest BCUT2D eigenvalue weighted by atomic mass is 32.2. The molecule has 0 radical (unpaired) electrons. The molecule has 0 aliphatic carbocycles. The summed E-state index contributed by atoms with van der Waals surface area (Å²) in [6.45, 7) is 0. The summed E-state index contributed by atoms with van der Waals surface area (Å²) in [5, 5.41) is 30.2. The maximum absolute atomic E-state index is 13.3. The van der Waals surface area contributed by atoms with Gasteiger partial charge in [-0.15, -0.1) is 10.2 Å². The Morgan fingerprint density at radius 1 is 0.750 bits per heavy atom. The molecule has 52 heavy (non-hydrogen) atoms. The van der Waals surface area contributed by atoms with Gasteiger partial charge in [-0.25, -0.2) is 0 Å². The standard InChI is InChI=1S/C22H19N7O19S4/c1-47-17-11(8-13(49(35,36)37)15(28(31)32)19(17)51(41,42)43)26-24-21(22(30)23-10-6-4-3-5-7-10)25-27(26)12-9-14(50(38,39)40)16(29(33)34)20(18(12)48-2)52(44,45)46/h3-9H,1-2H3,(H,23,30)(H,24,25)(H,35,36,37)(H,38,39,40)(H,41,42,43)(H,44,45,46). The lowest BCUT2D eigenvalue weighted by Crippen LogP contribution is -2.47. The van der Waals surface area contributed by atoms with E-state index in [1.807, 2.05) is 0 Å². The molecule has 3 aromatic rings. The number of para-hydroxylation sites is 1. The molecule has 0 aromatic heterocycles. The van der Waals surface area contributed by atoms with Gasteiger partial charge in [0.15, 0.2) is 21.3 Å². The van der Waals surface area contributed by atoms with Gasteiger partial charge in [-0.1, -0.05) is 18.2 Å². The highest BCUT2D eigenvalue weighted by Gasteiger charge is 2.46. The number of hydrogen-bond donors (Lipinski definition) is 6. The van der Waals surface area contributed by atoms with E-state index in [0.29, 0.717) is 14.2 Å². The summed E-state index contributed by atoms with van der Waals surface area (Å²) >= 11 is 0. The van der Waals surface area contributed by atoms with Crippen molar-refractivity contribution in [2.24, 2.45) is 5.10 Å². The number of hydrazine groups is 2. The Bertz CT molecular complexity index is 2530. The monoisotopic (exact) mass is 813 g/mol. The fourth-order valence-electron chi connectivity index (χ4n) is 4.55. The molecule has 0 unspecified atom stereocenters. The van der Waals surface area contributed by atoms with E-state index in [-0.39, 0.29) is 28.1 Å². The molecular formula is C22H19N7O19S4. The van der Waals surface area contributed by atoms with Gasteiger partial charge in [0.25, 0.3) is 5.91 Å². The third-order valence-electron chi connectivity index (χ3n) is 6.44. The van der Waals surface area contributed by atoms with Gasteiger partial charge in [-0.3, -0.25) is 48.7 Å². The van der Waals surface area contributed by atoms with Crippen LogP contribution in [0, 0.1) is 20.2 Å². The van der Waals surface area contributed by atoms with Gasteiger partial charge in [-0.2, -0.15) is 38.8 Å². The number of nitrogens with zero attached hydrogens (tertiary/aromatic N) is 5. The van der Waals surface area contributed by atoms with Crippen LogP contribution < -0.4 is 30.5 Å². The zero-order valence-electron chi connectivity index (χ0n) is 25.3. The van der Waals surface area contributed by atoms with Gasteiger partial charge in [0, 0.05) is 5.69 Å². The summed E-state index contributed by atoms with van der Waals surface area (Å²) < 4.78 is 149. The van der Waals surface area contributed by atoms with Crippen LogP contribution in [0.1, 0.15) is 0 Å². The number of hydrazone groups is 1. The van der Waals surface area contributed by atoms with E-state index in [4.69, 9.17) is 9.47 Å². The van der Waals surface area contributed by atoms with Crippen LogP contribution in [0.2, 0.25) is 0 Å². The van der Waals surface area contributed by atoms with Crippen molar-refractivity contribution in [1.29, 1.82) is 0 Å². The number of carbonyl (C=O) groups is 1. The van der Waals surface area contributed by atoms with E-state index < -0.39 is 116 Å². The molecule has 30 heteroatoms. The van der Waals surface area contributed by atoms with E-state index in [9.17, 15) is 76.9 Å². The highest BCUT2D eigenvalue weighted by Crippen LogP contribution is 2.49. The minimum Gasteiger partial charge on any atom is -0.493 e. The molecule has 6 N–H and O–H groups in total. The van der Waals surface area contributed by atoms with Crippen LogP contribution in [0.4, 0.5) is 28.4 Å². The molecule has 280 valence electrons. The molecule has 1 aliphatic heterocycles. The van der Waals surface area contributed by atoms with Gasteiger partial charge in [-0.05, 0) is 24.3 Å². The lowest BCUT2D eigenvalue weighted by molar-refractivity contribution is -0.391. The van der Waals surface area contributed by atoms with Crippen molar-refractivity contribution >= 4 is 80.7 Å². The van der Waals surface area contributed by atoms with E-state index in [2.05, 4.69) is 15.8 Å². The van der Waals surface area contributed by atoms with Crippen molar-refractivity contribution in [3.63, 3.8) is 0 Å². The number of nitro groups is 2. The van der Waals surface area contributed by atoms with Crippen molar-refractivity contribution in [3.8, 4) is 11.5 Å². The van der Waals surface area contributed by atoms with Crippen LogP contribution in [0.5, 0.6) is 11.5 Å². The lowest BCUT2D eigenvalue weighted by Gasteiger charge is -2.30. The summed E-state index contributed by atoms with van der Waals surface area (Å²) in [7, 11) is -22.4. The molecule has 0 bridgehead atoms. The van der Waals surface area contributed by atoms with Gasteiger partial charge >= 0.3 is 51.8 Å². The summed E-state index contributed by atoms with van der Waals surface area (Å²) in [5.41, 5.74) is -4.15. The number of nitro benzene ring substituents is 2. The number of ether oxygens (including phenoxy) is 2. The third-order valence-corrected chi connectivity index (χ3v) is 9.97. The average Bonchev–Trinajstić information content (AvgIpc) is 3.46. The number of nitrogens with one attached hydrogen (secondary N) is 2. The highest BCUT2D eigenvalue weighted by molar-refractivity contribution is 7.87. The van der Waals surface area contributed by atoms with Crippen LogP contribution in [-0.4, -0.2) is 87.7 Å². The molecule has 1 amide bonds. The fourth-order valence-corrected chi connectivity index (χ4v) is 7.74. The molecule has 0 saturated carbocycles. The van der Waals surface area contributed by atoms with Gasteiger partial charge in [0.05, 0.1) is 24.1 Å². The Morgan fingerprint density at radius 3 is 1.56 bits per heavy atom. The van der Waals surface area contributed by atoms with E-state index >= 15 is 0 Å². The van der Waals surface area contributed by atoms with Crippen LogP contribution in [-0.2, 0) is 45.3 Å². The molecule has 0 saturated heterocycles. The average molecular weight is 814 g/mol. The maximum atomic E-state index is 13.3. The molecule has 0 spiro atoms. The molecule has 26 nitrogen and oxygen atoms in total. The SMILES string of the molecule is COc1c(N2N=C(C(=O)Nc3ccccc3)NN2c2cc(S(=O)(=O)O)c([N+](=O)[O-])c(S(=O)(=O)O)c2OC)cc(S(=O)(=O)O)c([N+](=O)[O-])c1S(=O)(=O)O. The zero-order valence-corrected chi connectivity index (χ0v) is 28.6. The van der Waals surface area contributed by atoms with Crippen molar-refractivity contribution in [2.75, 3.05) is 29.8 Å². The van der Waals surface area contributed by atoms with Crippen molar-refractivity contribution in [2.45, 2.75) is 19.6 Å². The quantitative estimate of drug-likeness (QED) is 0.0808. The van der Waals surface area contributed by atoms with Crippen molar-refractivity contribution in [3.05, 3.63) is 62.7 Å². The molecule has 3 aromatic carbocycles.